The Morgan fingerprint density at radius 1 is 1.35 bits per heavy atom. The Morgan fingerprint density at radius 3 is 2.65 bits per heavy atom. The molecule has 0 amide bonds. The second-order valence-electron chi connectivity index (χ2n) is 3.00. The third-order valence-corrected chi connectivity index (χ3v) is 2.63. The number of hydrogen-bond donors (Lipinski definition) is 0. The summed E-state index contributed by atoms with van der Waals surface area (Å²) in [6, 6.07) is 11.0. The van der Waals surface area contributed by atoms with Crippen LogP contribution in [0.25, 0.3) is 0 Å². The Hall–Kier alpha value is -1.67. The number of hydrogen-bond acceptors (Lipinski definition) is 3. The topological polar surface area (TPSA) is 36.1 Å². The third kappa shape index (κ3) is 5.83. The highest BCUT2D eigenvalue weighted by atomic mass is 32.2. The Morgan fingerprint density at radius 2 is 2.06 bits per heavy atom. The molecule has 17 heavy (non-hydrogen) atoms. The molecule has 0 aromatic heterocycles. The van der Waals surface area contributed by atoms with E-state index < -0.39 is 6.08 Å². The van der Waals surface area contributed by atoms with Gasteiger partial charge in [-0.2, -0.15) is 14.0 Å². The predicted octanol–water partition coefficient (Wildman–Crippen LogP) is 4.14. The molecular weight excluding hydrogens is 242 g/mol. The van der Waals surface area contributed by atoms with Gasteiger partial charge in [0, 0.05) is 5.75 Å². The van der Waals surface area contributed by atoms with Crippen molar-refractivity contribution in [2.75, 3.05) is 5.75 Å². The lowest BCUT2D eigenvalue weighted by molar-refractivity contribution is 0.418. The van der Waals surface area contributed by atoms with E-state index in [9.17, 15) is 8.78 Å². The quantitative estimate of drug-likeness (QED) is 0.458. The zero-order valence-corrected chi connectivity index (χ0v) is 9.75. The van der Waals surface area contributed by atoms with E-state index in [4.69, 9.17) is 5.26 Å². The fourth-order valence-corrected chi connectivity index (χ4v) is 1.70. The maximum atomic E-state index is 11.7. The lowest BCUT2D eigenvalue weighted by Gasteiger charge is -1.96. The molecule has 1 aromatic carbocycles. The lowest BCUT2D eigenvalue weighted by Crippen LogP contribution is -1.88. The van der Waals surface area contributed by atoms with Gasteiger partial charge in [0.15, 0.2) is 5.04 Å². The highest BCUT2D eigenvalue weighted by Crippen LogP contribution is 2.15. The van der Waals surface area contributed by atoms with Crippen LogP contribution in [0.3, 0.4) is 0 Å². The van der Waals surface area contributed by atoms with Gasteiger partial charge in [-0.05, 0) is 24.6 Å². The number of aliphatic imine (C=N–C) groups is 1. The summed E-state index contributed by atoms with van der Waals surface area (Å²) in [7, 11) is 0. The summed E-state index contributed by atoms with van der Waals surface area (Å²) in [6.07, 6.45) is -0.628. The molecule has 0 saturated carbocycles. The van der Waals surface area contributed by atoms with Crippen molar-refractivity contribution < 1.29 is 8.78 Å². The maximum absolute atomic E-state index is 11.7. The summed E-state index contributed by atoms with van der Waals surface area (Å²) in [5.74, 6) is 0.413. The Balaban J connectivity index is 2.53. The molecule has 0 spiro atoms. The van der Waals surface area contributed by atoms with Crippen molar-refractivity contribution in [1.29, 1.82) is 5.26 Å². The van der Waals surface area contributed by atoms with Crippen LogP contribution in [0.1, 0.15) is 6.42 Å². The normalized spacial score (nSPS) is 10.8. The molecule has 0 N–H and O–H groups in total. The Kier molecular flexibility index (Phi) is 5.97. The van der Waals surface area contributed by atoms with Gasteiger partial charge < -0.3 is 0 Å². The van der Waals surface area contributed by atoms with Crippen molar-refractivity contribution in [3.8, 4) is 6.07 Å². The number of halogens is 2. The molecule has 0 unspecified atom stereocenters. The van der Waals surface area contributed by atoms with E-state index in [1.165, 1.54) is 11.8 Å². The van der Waals surface area contributed by atoms with E-state index in [-0.39, 0.29) is 11.5 Å². The van der Waals surface area contributed by atoms with E-state index >= 15 is 0 Å². The molecule has 5 heteroatoms. The van der Waals surface area contributed by atoms with Crippen LogP contribution in [0.4, 0.5) is 14.5 Å². The van der Waals surface area contributed by atoms with Gasteiger partial charge >= 0.3 is 0 Å². The summed E-state index contributed by atoms with van der Waals surface area (Å²) in [4.78, 5) is 4.10. The fraction of sp³-hybridized carbons (Fsp3) is 0.167. The number of nitriles is 1. The molecule has 0 aliphatic carbocycles. The van der Waals surface area contributed by atoms with Crippen LogP contribution in [0.15, 0.2) is 47.5 Å². The molecular formula is C12H10F2N2S. The molecule has 1 rings (SSSR count). The Labute approximate surface area is 103 Å². The number of rotatable bonds is 4. The first-order valence-corrected chi connectivity index (χ1v) is 5.88. The predicted molar refractivity (Wildman–Crippen MR) is 66.5 cm³/mol. The molecule has 0 heterocycles. The number of allylic oxidation sites excluding steroid dienone is 1. The maximum Gasteiger partial charge on any atom is 0.266 e. The largest absolute Gasteiger partial charge is 0.266 e. The molecule has 0 atom stereocenters. The summed E-state index contributed by atoms with van der Waals surface area (Å²) >= 11 is 1.17. The minimum Gasteiger partial charge on any atom is -0.231 e. The van der Waals surface area contributed by atoms with Gasteiger partial charge in [-0.15, -0.1) is 0 Å². The fourth-order valence-electron chi connectivity index (χ4n) is 1.03. The first-order chi connectivity index (χ1) is 8.22. The monoisotopic (exact) mass is 252 g/mol. The zero-order chi connectivity index (χ0) is 12.5. The number of nitrogens with zero attached hydrogens (tertiary/aromatic N) is 2. The first kappa shape index (κ1) is 13.4. The summed E-state index contributed by atoms with van der Waals surface area (Å²) in [6.45, 7) is 0. The first-order valence-electron chi connectivity index (χ1n) is 4.90. The molecule has 0 aliphatic heterocycles. The van der Waals surface area contributed by atoms with E-state index in [0.29, 0.717) is 11.4 Å². The van der Waals surface area contributed by atoms with Crippen molar-refractivity contribution in [2.45, 2.75) is 6.42 Å². The summed E-state index contributed by atoms with van der Waals surface area (Å²) in [5.41, 5.74) is 0.684. The highest BCUT2D eigenvalue weighted by molar-refractivity contribution is 8.14. The van der Waals surface area contributed by atoms with Crippen LogP contribution in [-0.2, 0) is 0 Å². The van der Waals surface area contributed by atoms with E-state index in [1.807, 2.05) is 24.3 Å². The molecule has 0 saturated heterocycles. The number of thioether (sulfide) groups is 1. The van der Waals surface area contributed by atoms with Crippen molar-refractivity contribution in [2.24, 2.45) is 4.99 Å². The summed E-state index contributed by atoms with van der Waals surface area (Å²) < 4.78 is 23.5. The second-order valence-corrected chi connectivity index (χ2v) is 4.08. The van der Waals surface area contributed by atoms with Gasteiger partial charge in [0.1, 0.15) is 6.07 Å². The third-order valence-electron chi connectivity index (χ3n) is 1.74. The molecule has 1 aromatic rings. The van der Waals surface area contributed by atoms with Crippen LogP contribution >= 0.6 is 11.8 Å². The van der Waals surface area contributed by atoms with Crippen LogP contribution in [-0.4, -0.2) is 10.8 Å². The molecule has 2 nitrogen and oxygen atoms in total. The van der Waals surface area contributed by atoms with E-state index in [0.717, 1.165) is 6.08 Å². The molecule has 0 radical (unpaired) electrons. The SMILES string of the molecule is N#C/C(=N\c1ccccc1)SCCC=C(F)F. The van der Waals surface area contributed by atoms with Crippen molar-refractivity contribution in [3.63, 3.8) is 0 Å². The van der Waals surface area contributed by atoms with Gasteiger partial charge in [0.05, 0.1) is 5.69 Å². The lowest BCUT2D eigenvalue weighted by atomic mass is 10.3. The van der Waals surface area contributed by atoms with Crippen LogP contribution in [0.5, 0.6) is 0 Å². The minimum atomic E-state index is -1.69. The molecule has 0 fully saturated rings. The van der Waals surface area contributed by atoms with Gasteiger partial charge in [-0.3, -0.25) is 0 Å². The van der Waals surface area contributed by atoms with Crippen LogP contribution in [0.2, 0.25) is 0 Å². The van der Waals surface area contributed by atoms with Crippen molar-refractivity contribution in [1.82, 2.24) is 0 Å². The molecule has 0 bridgehead atoms. The minimum absolute atomic E-state index is 0.225. The van der Waals surface area contributed by atoms with Crippen molar-refractivity contribution in [3.05, 3.63) is 42.5 Å². The molecule has 88 valence electrons. The van der Waals surface area contributed by atoms with E-state index in [2.05, 4.69) is 4.99 Å². The van der Waals surface area contributed by atoms with Crippen LogP contribution < -0.4 is 0 Å². The van der Waals surface area contributed by atoms with Gasteiger partial charge in [0.2, 0.25) is 0 Å². The molecule has 0 aliphatic rings. The van der Waals surface area contributed by atoms with E-state index in [1.54, 1.807) is 12.1 Å². The average Bonchev–Trinajstić information content (AvgIpc) is 2.34. The summed E-state index contributed by atoms with van der Waals surface area (Å²) in [5, 5.41) is 9.11. The van der Waals surface area contributed by atoms with Crippen molar-refractivity contribution >= 4 is 22.5 Å². The zero-order valence-electron chi connectivity index (χ0n) is 8.94. The van der Waals surface area contributed by atoms with Gasteiger partial charge in [0.25, 0.3) is 6.08 Å². The number of benzene rings is 1. The highest BCUT2D eigenvalue weighted by Gasteiger charge is 1.99. The standard InChI is InChI=1S/C12H10F2N2S/c13-11(14)7-4-8-17-12(9-15)16-10-5-2-1-3-6-10/h1-3,5-7H,4,8H2/b16-12+. The smallest absolute Gasteiger partial charge is 0.231 e. The Bertz CT molecular complexity index is 445. The van der Waals surface area contributed by atoms with Crippen LogP contribution in [0, 0.1) is 11.3 Å². The van der Waals surface area contributed by atoms with Gasteiger partial charge in [-0.25, -0.2) is 4.99 Å². The number of para-hydroxylation sites is 1. The average molecular weight is 252 g/mol. The van der Waals surface area contributed by atoms with Gasteiger partial charge in [-0.1, -0.05) is 30.0 Å². The second kappa shape index (κ2) is 7.58.